The van der Waals surface area contributed by atoms with Crippen LogP contribution in [0.4, 0.5) is 0 Å². The molecular weight excluding hydrogens is 450 g/mol. The number of hydrogen-bond donors (Lipinski definition) is 3. The first-order valence-corrected chi connectivity index (χ1v) is 11.2. The minimum absolute atomic E-state index is 0.0970. The molecule has 2 amide bonds. The molecule has 0 saturated heterocycles. The maximum Gasteiger partial charge on any atom is 0.257 e. The molecule has 35 heavy (non-hydrogen) atoms. The summed E-state index contributed by atoms with van der Waals surface area (Å²) in [6.07, 6.45) is 2.84. The molecule has 1 aromatic carbocycles. The Balaban J connectivity index is 1.94. The molecule has 0 unspecified atom stereocenters. The van der Waals surface area contributed by atoms with Gasteiger partial charge in [0.1, 0.15) is 28.4 Å². The van der Waals surface area contributed by atoms with Crippen molar-refractivity contribution in [1.29, 1.82) is 0 Å². The largest absolute Gasteiger partial charge is 0.496 e. The molecule has 0 atom stereocenters. The number of rotatable bonds is 10. The van der Waals surface area contributed by atoms with Crippen LogP contribution in [0.1, 0.15) is 51.6 Å². The van der Waals surface area contributed by atoms with Gasteiger partial charge in [-0.15, -0.1) is 0 Å². The van der Waals surface area contributed by atoms with E-state index in [2.05, 4.69) is 10.6 Å². The summed E-state index contributed by atoms with van der Waals surface area (Å²) in [6, 6.07) is 10.9. The number of nitrogens with zero attached hydrogens (tertiary/aromatic N) is 1. The maximum atomic E-state index is 13.2. The average Bonchev–Trinajstić information content (AvgIpc) is 3.27. The van der Waals surface area contributed by atoms with Gasteiger partial charge in [0, 0.05) is 36.5 Å². The predicted octanol–water partition coefficient (Wildman–Crippen LogP) is 2.48. The zero-order valence-electron chi connectivity index (χ0n) is 20.4. The summed E-state index contributed by atoms with van der Waals surface area (Å²) in [5.41, 5.74) is -0.785. The zero-order chi connectivity index (χ0) is 25.6. The fourth-order valence-corrected chi connectivity index (χ4v) is 3.39. The van der Waals surface area contributed by atoms with Crippen molar-refractivity contribution in [2.75, 3.05) is 20.3 Å². The van der Waals surface area contributed by atoms with Crippen LogP contribution >= 0.6 is 0 Å². The van der Waals surface area contributed by atoms with Crippen molar-refractivity contribution >= 4 is 11.8 Å². The summed E-state index contributed by atoms with van der Waals surface area (Å²) < 4.78 is 12.5. The standard InChI is InChI=1S/C26H31N3O6/c1-17-9-10-19(35-17)11-27-24(32)20-13-29(12-18-7-5-6-8-22(18)34-4)14-21(23(20)31)25(33)28-15-26(2,3)16-30/h5-10,13-14,30H,11-12,15-16H2,1-4H3,(H,27,32)(H,28,33). The highest BCUT2D eigenvalue weighted by Gasteiger charge is 2.23. The average molecular weight is 482 g/mol. The topological polar surface area (TPSA) is 123 Å². The molecule has 0 spiro atoms. The number of benzene rings is 1. The number of ether oxygens (including phenoxy) is 1. The number of pyridine rings is 1. The van der Waals surface area contributed by atoms with Gasteiger partial charge in [0.2, 0.25) is 5.43 Å². The van der Waals surface area contributed by atoms with Gasteiger partial charge in [0.25, 0.3) is 11.8 Å². The molecule has 3 aromatic rings. The van der Waals surface area contributed by atoms with Gasteiger partial charge in [-0.3, -0.25) is 14.4 Å². The number of aryl methyl sites for hydroxylation is 1. The van der Waals surface area contributed by atoms with E-state index < -0.39 is 22.7 Å². The summed E-state index contributed by atoms with van der Waals surface area (Å²) >= 11 is 0. The van der Waals surface area contributed by atoms with E-state index in [0.29, 0.717) is 17.3 Å². The van der Waals surface area contributed by atoms with Crippen LogP contribution in [0.3, 0.4) is 0 Å². The van der Waals surface area contributed by atoms with Gasteiger partial charge in [-0.1, -0.05) is 32.0 Å². The molecule has 0 saturated carbocycles. The lowest BCUT2D eigenvalue weighted by atomic mass is 9.95. The molecule has 186 valence electrons. The number of amides is 2. The molecule has 0 bridgehead atoms. The fraction of sp³-hybridized carbons (Fsp3) is 0.346. The Kier molecular flexibility index (Phi) is 8.14. The number of aliphatic hydroxyl groups excluding tert-OH is 1. The number of carbonyl (C=O) groups is 2. The number of aromatic nitrogens is 1. The number of para-hydroxylation sites is 1. The highest BCUT2D eigenvalue weighted by molar-refractivity contribution is 5.99. The molecule has 0 aliphatic heterocycles. The lowest BCUT2D eigenvalue weighted by Crippen LogP contribution is -2.39. The Morgan fingerprint density at radius 1 is 1.06 bits per heavy atom. The molecule has 9 heteroatoms. The molecule has 2 heterocycles. The van der Waals surface area contributed by atoms with Crippen LogP contribution in [-0.4, -0.2) is 41.7 Å². The van der Waals surface area contributed by atoms with Gasteiger partial charge in [-0.05, 0) is 25.1 Å². The number of methoxy groups -OCH3 is 1. The first-order chi connectivity index (χ1) is 16.6. The third-order valence-corrected chi connectivity index (χ3v) is 5.49. The number of aliphatic hydroxyl groups is 1. The molecule has 0 radical (unpaired) electrons. The van der Waals surface area contributed by atoms with Crippen molar-refractivity contribution in [3.8, 4) is 5.75 Å². The molecular formula is C26H31N3O6. The Bertz CT molecular complexity index is 1260. The molecule has 0 fully saturated rings. The second kappa shape index (κ2) is 11.1. The third kappa shape index (κ3) is 6.60. The van der Waals surface area contributed by atoms with Gasteiger partial charge in [0.05, 0.1) is 20.2 Å². The van der Waals surface area contributed by atoms with Crippen LogP contribution in [0.2, 0.25) is 0 Å². The number of hydrogen-bond acceptors (Lipinski definition) is 6. The number of nitrogens with one attached hydrogen (secondary N) is 2. The van der Waals surface area contributed by atoms with E-state index in [9.17, 15) is 19.5 Å². The smallest absolute Gasteiger partial charge is 0.257 e. The van der Waals surface area contributed by atoms with E-state index in [1.54, 1.807) is 50.6 Å². The summed E-state index contributed by atoms with van der Waals surface area (Å²) in [5.74, 6) is 0.647. The van der Waals surface area contributed by atoms with Crippen molar-refractivity contribution in [3.05, 3.63) is 87.2 Å². The number of furan rings is 1. The third-order valence-electron chi connectivity index (χ3n) is 5.49. The highest BCUT2D eigenvalue weighted by Crippen LogP contribution is 2.19. The summed E-state index contributed by atoms with van der Waals surface area (Å²) in [4.78, 5) is 39.0. The fourth-order valence-electron chi connectivity index (χ4n) is 3.39. The summed E-state index contributed by atoms with van der Waals surface area (Å²) in [6.45, 7) is 5.75. The van der Waals surface area contributed by atoms with Crippen molar-refractivity contribution in [1.82, 2.24) is 15.2 Å². The molecule has 2 aromatic heterocycles. The van der Waals surface area contributed by atoms with Crippen LogP contribution in [0.15, 0.2) is 58.0 Å². The van der Waals surface area contributed by atoms with Crippen LogP contribution in [0, 0.1) is 12.3 Å². The van der Waals surface area contributed by atoms with Crippen LogP contribution < -0.4 is 20.8 Å². The van der Waals surface area contributed by atoms with Gasteiger partial charge in [0.15, 0.2) is 0 Å². The van der Waals surface area contributed by atoms with Crippen LogP contribution in [-0.2, 0) is 13.1 Å². The monoisotopic (exact) mass is 481 g/mol. The van der Waals surface area contributed by atoms with E-state index >= 15 is 0 Å². The molecule has 9 nitrogen and oxygen atoms in total. The first-order valence-electron chi connectivity index (χ1n) is 11.2. The van der Waals surface area contributed by atoms with Crippen molar-refractivity contribution < 1.29 is 23.8 Å². The Labute approximate surface area is 203 Å². The quantitative estimate of drug-likeness (QED) is 0.409. The summed E-state index contributed by atoms with van der Waals surface area (Å²) in [7, 11) is 1.56. The van der Waals surface area contributed by atoms with Gasteiger partial charge in [-0.2, -0.15) is 0 Å². The van der Waals surface area contributed by atoms with Gasteiger partial charge in [-0.25, -0.2) is 0 Å². The first kappa shape index (κ1) is 25.8. The Hall–Kier alpha value is -3.85. The van der Waals surface area contributed by atoms with Crippen LogP contribution in [0.5, 0.6) is 5.75 Å². The Morgan fingerprint density at radius 3 is 2.31 bits per heavy atom. The predicted molar refractivity (Wildman–Crippen MR) is 131 cm³/mol. The normalized spacial score (nSPS) is 11.2. The second-order valence-corrected chi connectivity index (χ2v) is 9.10. The van der Waals surface area contributed by atoms with Gasteiger partial charge >= 0.3 is 0 Å². The van der Waals surface area contributed by atoms with E-state index in [1.807, 2.05) is 18.2 Å². The second-order valence-electron chi connectivity index (χ2n) is 9.10. The van der Waals surface area contributed by atoms with E-state index in [-0.39, 0.29) is 37.4 Å². The lowest BCUT2D eigenvalue weighted by Gasteiger charge is -2.22. The van der Waals surface area contributed by atoms with Crippen molar-refractivity contribution in [2.24, 2.45) is 5.41 Å². The minimum Gasteiger partial charge on any atom is -0.496 e. The lowest BCUT2D eigenvalue weighted by molar-refractivity contribution is 0.0909. The summed E-state index contributed by atoms with van der Waals surface area (Å²) in [5, 5.41) is 14.8. The molecule has 3 rings (SSSR count). The SMILES string of the molecule is COc1ccccc1Cn1cc(C(=O)NCc2ccc(C)o2)c(=O)c(C(=O)NCC(C)(C)CO)c1. The minimum atomic E-state index is -0.686. The molecule has 3 N–H and O–H groups in total. The van der Waals surface area contributed by atoms with Crippen molar-refractivity contribution in [3.63, 3.8) is 0 Å². The maximum absolute atomic E-state index is 13.2. The number of carbonyl (C=O) groups excluding carboxylic acids is 2. The Morgan fingerprint density at radius 2 is 1.71 bits per heavy atom. The molecule has 0 aliphatic carbocycles. The van der Waals surface area contributed by atoms with E-state index in [4.69, 9.17) is 9.15 Å². The van der Waals surface area contributed by atoms with Crippen LogP contribution in [0.25, 0.3) is 0 Å². The van der Waals surface area contributed by atoms with Crippen molar-refractivity contribution in [2.45, 2.75) is 33.9 Å². The zero-order valence-corrected chi connectivity index (χ0v) is 20.4. The van der Waals surface area contributed by atoms with E-state index in [0.717, 1.165) is 5.56 Å². The van der Waals surface area contributed by atoms with Gasteiger partial charge < -0.3 is 29.5 Å². The van der Waals surface area contributed by atoms with E-state index in [1.165, 1.54) is 12.4 Å². The highest BCUT2D eigenvalue weighted by atomic mass is 16.5. The molecule has 0 aliphatic rings.